The van der Waals surface area contributed by atoms with E-state index in [9.17, 15) is 18.0 Å². The number of carbonyl (C=O) groups is 1. The number of aromatic nitrogens is 3. The number of piperidine rings is 1. The first-order valence-corrected chi connectivity index (χ1v) is 11.7. The molecule has 2 aromatic rings. The van der Waals surface area contributed by atoms with Crippen molar-refractivity contribution >= 4 is 17.7 Å². The third-order valence-corrected chi connectivity index (χ3v) is 7.07. The van der Waals surface area contributed by atoms with Crippen molar-refractivity contribution in [3.63, 3.8) is 0 Å². The lowest BCUT2D eigenvalue weighted by molar-refractivity contribution is -0.194. The van der Waals surface area contributed by atoms with Gasteiger partial charge < -0.3 is 19.7 Å². The third-order valence-electron chi connectivity index (χ3n) is 7.07. The number of pyridine rings is 1. The van der Waals surface area contributed by atoms with E-state index in [0.29, 0.717) is 24.7 Å². The van der Waals surface area contributed by atoms with Gasteiger partial charge in [0.05, 0.1) is 0 Å². The van der Waals surface area contributed by atoms with Gasteiger partial charge in [-0.15, -0.1) is 5.10 Å². The van der Waals surface area contributed by atoms with Gasteiger partial charge in [0.2, 0.25) is 5.95 Å². The summed E-state index contributed by atoms with van der Waals surface area (Å²) in [6.45, 7) is 6.35. The maximum Gasteiger partial charge on any atom is 0.410 e. The molecule has 3 fully saturated rings. The van der Waals surface area contributed by atoms with Gasteiger partial charge in [0, 0.05) is 25.3 Å². The number of halogens is 3. The number of hydrogen-bond acceptors (Lipinski definition) is 6. The van der Waals surface area contributed by atoms with E-state index in [-0.39, 0.29) is 42.6 Å². The number of carbonyl (C=O) groups excluding carboxylic acids is 1. The molecule has 3 heterocycles. The number of fused-ring (bicyclic) bond motifs is 3. The van der Waals surface area contributed by atoms with Gasteiger partial charge in [0.1, 0.15) is 17.6 Å². The summed E-state index contributed by atoms with van der Waals surface area (Å²) < 4.78 is 52.4. The minimum Gasteiger partial charge on any atom is -0.489 e. The van der Waals surface area contributed by atoms with E-state index in [1.54, 1.807) is 23.2 Å². The highest BCUT2D eigenvalue weighted by Crippen LogP contribution is 2.57. The zero-order valence-corrected chi connectivity index (χ0v) is 19.6. The minimum absolute atomic E-state index is 0.0872. The van der Waals surface area contributed by atoms with Crippen molar-refractivity contribution in [2.45, 2.75) is 64.3 Å². The molecule has 0 aromatic carbocycles. The van der Waals surface area contributed by atoms with Crippen molar-refractivity contribution in [3.8, 4) is 5.75 Å². The summed E-state index contributed by atoms with van der Waals surface area (Å²) in [6.07, 6.45) is -0.717. The van der Waals surface area contributed by atoms with Crippen LogP contribution >= 0.6 is 0 Å². The molecule has 1 N–H and O–H groups in total. The van der Waals surface area contributed by atoms with E-state index in [1.165, 1.54) is 4.52 Å². The minimum atomic E-state index is -4.27. The Hall–Kier alpha value is -2.72. The molecule has 3 atom stereocenters. The van der Waals surface area contributed by atoms with Crippen LogP contribution in [0, 0.1) is 17.3 Å². The van der Waals surface area contributed by atoms with Gasteiger partial charge in [0.25, 0.3) is 0 Å². The Labute approximate surface area is 195 Å². The summed E-state index contributed by atoms with van der Waals surface area (Å²) in [6, 6.07) is 3.40. The van der Waals surface area contributed by atoms with Gasteiger partial charge in [0.15, 0.2) is 11.4 Å². The SMILES string of the molecule is CC(C)(C)OC(=O)N1C[C@H]2CC[C@@H](C1)[C@@H]2Nc1nc2c(OCC3(C(F)(F)F)CC3)cccn2n1. The second kappa shape index (κ2) is 7.91. The highest BCUT2D eigenvalue weighted by molar-refractivity contribution is 5.68. The first kappa shape index (κ1) is 23.0. The van der Waals surface area contributed by atoms with Crippen LogP contribution in [0.5, 0.6) is 5.75 Å². The number of ether oxygens (including phenoxy) is 2. The van der Waals surface area contributed by atoms with Crippen molar-refractivity contribution in [1.29, 1.82) is 0 Å². The molecule has 5 rings (SSSR count). The second-order valence-corrected chi connectivity index (χ2v) is 10.8. The summed E-state index contributed by atoms with van der Waals surface area (Å²) in [4.78, 5) is 18.8. The van der Waals surface area contributed by atoms with E-state index in [2.05, 4.69) is 15.4 Å². The van der Waals surface area contributed by atoms with Gasteiger partial charge in [-0.1, -0.05) is 0 Å². The summed E-state index contributed by atoms with van der Waals surface area (Å²) in [5.41, 5.74) is -1.91. The first-order chi connectivity index (χ1) is 15.9. The highest BCUT2D eigenvalue weighted by atomic mass is 19.4. The van der Waals surface area contributed by atoms with Crippen molar-refractivity contribution < 1.29 is 27.4 Å². The summed E-state index contributed by atoms with van der Waals surface area (Å²) in [7, 11) is 0. The van der Waals surface area contributed by atoms with Gasteiger partial charge in [-0.2, -0.15) is 18.2 Å². The summed E-state index contributed by atoms with van der Waals surface area (Å²) in [5.74, 6) is 1.17. The number of anilines is 1. The quantitative estimate of drug-likeness (QED) is 0.677. The average Bonchev–Trinajstić information content (AvgIpc) is 3.38. The van der Waals surface area contributed by atoms with Gasteiger partial charge in [-0.05, 0) is 70.4 Å². The zero-order valence-electron chi connectivity index (χ0n) is 19.6. The van der Waals surface area contributed by atoms with Crippen molar-refractivity contribution in [2.75, 3.05) is 25.0 Å². The summed E-state index contributed by atoms with van der Waals surface area (Å²) in [5, 5.41) is 7.88. The number of nitrogens with one attached hydrogen (secondary N) is 1. The van der Waals surface area contributed by atoms with E-state index < -0.39 is 23.8 Å². The standard InChI is InChI=1S/C23H30F3N5O3/c1-21(2,3)34-20(32)30-11-14-6-7-15(12-30)17(14)27-19-28-18-16(5-4-10-31(18)29-19)33-13-22(8-9-22)23(24,25)26/h4-5,10,14-15,17H,6-9,11-13H2,1-3H3,(H,27,29)/t14-,15+,17-. The molecule has 1 saturated heterocycles. The fourth-order valence-corrected chi connectivity index (χ4v) is 5.01. The third kappa shape index (κ3) is 4.36. The van der Waals surface area contributed by atoms with E-state index in [1.807, 2.05) is 20.8 Å². The molecule has 1 amide bonds. The van der Waals surface area contributed by atoms with Crippen LogP contribution in [0.4, 0.5) is 23.9 Å². The molecule has 0 unspecified atom stereocenters. The van der Waals surface area contributed by atoms with Gasteiger partial charge in [-0.3, -0.25) is 0 Å². The lowest BCUT2D eigenvalue weighted by Gasteiger charge is -2.38. The van der Waals surface area contributed by atoms with Crippen molar-refractivity contribution in [1.82, 2.24) is 19.5 Å². The van der Waals surface area contributed by atoms with Gasteiger partial charge in [-0.25, -0.2) is 9.31 Å². The molecule has 186 valence electrons. The predicted molar refractivity (Wildman–Crippen MR) is 118 cm³/mol. The molecule has 1 aliphatic heterocycles. The molecule has 0 radical (unpaired) electrons. The first-order valence-electron chi connectivity index (χ1n) is 11.7. The Morgan fingerprint density at radius 2 is 1.88 bits per heavy atom. The molecular formula is C23H30F3N5O3. The van der Waals surface area contributed by atoms with Crippen LogP contribution in [0.25, 0.3) is 5.65 Å². The molecule has 2 saturated carbocycles. The number of alkyl halides is 3. The Bertz CT molecular complexity index is 1060. The molecule has 8 nitrogen and oxygen atoms in total. The zero-order chi connectivity index (χ0) is 24.3. The van der Waals surface area contributed by atoms with E-state index in [0.717, 1.165) is 12.8 Å². The molecule has 3 aliphatic rings. The lowest BCUT2D eigenvalue weighted by atomic mass is 9.92. The largest absolute Gasteiger partial charge is 0.489 e. The number of amides is 1. The number of hydrogen-bond donors (Lipinski definition) is 1. The van der Waals surface area contributed by atoms with Gasteiger partial charge >= 0.3 is 12.3 Å². The Morgan fingerprint density at radius 1 is 1.21 bits per heavy atom. The molecular weight excluding hydrogens is 451 g/mol. The predicted octanol–water partition coefficient (Wildman–Crippen LogP) is 4.51. The van der Waals surface area contributed by atoms with Crippen LogP contribution < -0.4 is 10.1 Å². The second-order valence-electron chi connectivity index (χ2n) is 10.8. The smallest absolute Gasteiger partial charge is 0.410 e. The average molecular weight is 482 g/mol. The van der Waals surface area contributed by atoms with Crippen LogP contribution in [-0.4, -0.2) is 63.1 Å². The molecule has 2 aliphatic carbocycles. The van der Waals surface area contributed by atoms with Crippen molar-refractivity contribution in [3.05, 3.63) is 18.3 Å². The van der Waals surface area contributed by atoms with Crippen LogP contribution in [0.1, 0.15) is 46.5 Å². The number of nitrogens with zero attached hydrogens (tertiary/aromatic N) is 4. The fourth-order valence-electron chi connectivity index (χ4n) is 5.01. The molecule has 2 aromatic heterocycles. The van der Waals surface area contributed by atoms with Crippen LogP contribution in [0.2, 0.25) is 0 Å². The Morgan fingerprint density at radius 3 is 2.47 bits per heavy atom. The highest BCUT2D eigenvalue weighted by Gasteiger charge is 2.64. The fraction of sp³-hybridized carbons (Fsp3) is 0.696. The van der Waals surface area contributed by atoms with E-state index in [4.69, 9.17) is 9.47 Å². The Kier molecular flexibility index (Phi) is 5.36. The molecule has 11 heteroatoms. The van der Waals surface area contributed by atoms with Crippen LogP contribution in [0.15, 0.2) is 18.3 Å². The maximum atomic E-state index is 13.3. The monoisotopic (exact) mass is 481 g/mol. The normalized spacial score (nSPS) is 25.9. The molecule has 34 heavy (non-hydrogen) atoms. The topological polar surface area (TPSA) is 81.0 Å². The Balaban J connectivity index is 1.26. The van der Waals surface area contributed by atoms with Crippen LogP contribution in [0.3, 0.4) is 0 Å². The summed E-state index contributed by atoms with van der Waals surface area (Å²) >= 11 is 0. The van der Waals surface area contributed by atoms with E-state index >= 15 is 0 Å². The lowest BCUT2D eigenvalue weighted by Crippen LogP contribution is -2.51. The van der Waals surface area contributed by atoms with Crippen LogP contribution in [-0.2, 0) is 4.74 Å². The van der Waals surface area contributed by atoms with Crippen molar-refractivity contribution in [2.24, 2.45) is 17.3 Å². The molecule has 2 bridgehead atoms. The number of rotatable bonds is 5. The molecule has 0 spiro atoms. The maximum absolute atomic E-state index is 13.3. The number of likely N-dealkylation sites (tertiary alicyclic amines) is 1.